The number of nitrogens with zero attached hydrogens (tertiary/aromatic N) is 3. The first kappa shape index (κ1) is 17.8. The molecule has 0 aliphatic carbocycles. The van der Waals surface area contributed by atoms with Gasteiger partial charge in [-0.25, -0.2) is 9.37 Å². The van der Waals surface area contributed by atoms with Gasteiger partial charge >= 0.3 is 0 Å². The fourth-order valence-electron chi connectivity index (χ4n) is 2.86. The quantitative estimate of drug-likeness (QED) is 0.812. The van der Waals surface area contributed by atoms with Crippen LogP contribution < -0.4 is 11.1 Å². The zero-order valence-electron chi connectivity index (χ0n) is 13.9. The summed E-state index contributed by atoms with van der Waals surface area (Å²) in [6.45, 7) is 6.00. The van der Waals surface area contributed by atoms with E-state index < -0.39 is 5.82 Å². The molecule has 2 aromatic rings. The van der Waals surface area contributed by atoms with Crippen LogP contribution in [0.5, 0.6) is 0 Å². The van der Waals surface area contributed by atoms with Crippen molar-refractivity contribution in [3.63, 3.8) is 0 Å². The van der Waals surface area contributed by atoms with Crippen LogP contribution in [-0.4, -0.2) is 60.0 Å². The van der Waals surface area contributed by atoms with Crippen molar-refractivity contribution in [3.8, 4) is 0 Å². The minimum Gasteiger partial charge on any atom is -0.375 e. The van der Waals surface area contributed by atoms with Gasteiger partial charge in [-0.2, -0.15) is 0 Å². The Hall–Kier alpha value is -2.03. The lowest BCUT2D eigenvalue weighted by atomic mass is 10.2. The number of benzene rings is 1. The first-order valence-corrected chi connectivity index (χ1v) is 9.11. The molecule has 1 saturated heterocycles. The Kier molecular flexibility index (Phi) is 5.95. The number of nitrogens with two attached hydrogens (primary N) is 1. The molecule has 3 rings (SSSR count). The number of piperazine rings is 1. The van der Waals surface area contributed by atoms with Crippen molar-refractivity contribution in [1.82, 2.24) is 20.1 Å². The maximum atomic E-state index is 13.6. The molecule has 25 heavy (non-hydrogen) atoms. The predicted octanol–water partition coefficient (Wildman–Crippen LogP) is 1.41. The third kappa shape index (κ3) is 4.97. The summed E-state index contributed by atoms with van der Waals surface area (Å²) in [6.07, 6.45) is 1.84. The molecule has 1 aliphatic heterocycles. The summed E-state index contributed by atoms with van der Waals surface area (Å²) in [5, 5.41) is 3.40. The second kappa shape index (κ2) is 8.37. The highest BCUT2D eigenvalue weighted by molar-refractivity contribution is 7.15. The second-order valence-electron chi connectivity index (χ2n) is 6.02. The number of nitrogen functional groups attached to an aromatic ring is 1. The average Bonchev–Trinajstić information content (AvgIpc) is 3.01. The molecule has 0 atom stereocenters. The van der Waals surface area contributed by atoms with Crippen molar-refractivity contribution in [2.45, 2.75) is 6.54 Å². The van der Waals surface area contributed by atoms with E-state index in [9.17, 15) is 9.18 Å². The van der Waals surface area contributed by atoms with Crippen LogP contribution in [-0.2, 0) is 6.54 Å². The molecule has 0 bridgehead atoms. The highest BCUT2D eigenvalue weighted by Crippen LogP contribution is 2.17. The van der Waals surface area contributed by atoms with E-state index in [1.807, 2.05) is 6.20 Å². The smallest absolute Gasteiger partial charge is 0.254 e. The van der Waals surface area contributed by atoms with E-state index in [2.05, 4.69) is 20.1 Å². The zero-order chi connectivity index (χ0) is 17.6. The zero-order valence-corrected chi connectivity index (χ0v) is 14.8. The van der Waals surface area contributed by atoms with Crippen molar-refractivity contribution >= 4 is 22.4 Å². The van der Waals surface area contributed by atoms with Crippen LogP contribution in [0.3, 0.4) is 0 Å². The van der Waals surface area contributed by atoms with E-state index >= 15 is 0 Å². The van der Waals surface area contributed by atoms with Crippen LogP contribution in [0, 0.1) is 5.82 Å². The van der Waals surface area contributed by atoms with Gasteiger partial charge in [-0.05, 0) is 12.1 Å². The summed E-state index contributed by atoms with van der Waals surface area (Å²) in [6, 6.07) is 6.03. The number of carbonyl (C=O) groups is 1. The van der Waals surface area contributed by atoms with E-state index in [4.69, 9.17) is 5.73 Å². The molecule has 1 aliphatic rings. The normalized spacial score (nSPS) is 16.0. The molecular weight excluding hydrogens is 341 g/mol. The molecule has 0 saturated carbocycles. The lowest BCUT2D eigenvalue weighted by Crippen LogP contribution is -2.48. The Morgan fingerprint density at radius 1 is 1.24 bits per heavy atom. The number of nitrogens with one attached hydrogen (secondary N) is 1. The lowest BCUT2D eigenvalue weighted by molar-refractivity contribution is 0.0930. The van der Waals surface area contributed by atoms with Gasteiger partial charge in [0.2, 0.25) is 0 Å². The van der Waals surface area contributed by atoms with Crippen LogP contribution in [0.25, 0.3) is 0 Å². The minimum absolute atomic E-state index is 0.0937. The lowest BCUT2D eigenvalue weighted by Gasteiger charge is -2.34. The Balaban J connectivity index is 1.36. The average molecular weight is 363 g/mol. The van der Waals surface area contributed by atoms with Crippen LogP contribution >= 0.6 is 11.3 Å². The molecule has 134 valence electrons. The molecule has 1 aromatic heterocycles. The van der Waals surface area contributed by atoms with Gasteiger partial charge in [-0.15, -0.1) is 11.3 Å². The summed E-state index contributed by atoms with van der Waals surface area (Å²) in [5.41, 5.74) is 5.75. The first-order chi connectivity index (χ1) is 12.1. The van der Waals surface area contributed by atoms with Crippen molar-refractivity contribution in [2.75, 3.05) is 45.0 Å². The molecular formula is C17H22FN5OS. The molecule has 0 radical (unpaired) electrons. The number of anilines is 1. The third-order valence-electron chi connectivity index (χ3n) is 4.25. The molecule has 8 heteroatoms. The summed E-state index contributed by atoms with van der Waals surface area (Å²) in [4.78, 5) is 21.9. The Morgan fingerprint density at radius 2 is 1.96 bits per heavy atom. The monoisotopic (exact) mass is 363 g/mol. The number of amides is 1. The number of halogens is 1. The van der Waals surface area contributed by atoms with E-state index in [0.717, 1.165) is 39.3 Å². The highest BCUT2D eigenvalue weighted by atomic mass is 32.1. The summed E-state index contributed by atoms with van der Waals surface area (Å²) < 4.78 is 13.6. The van der Waals surface area contributed by atoms with E-state index in [1.165, 1.54) is 28.3 Å². The van der Waals surface area contributed by atoms with Crippen LogP contribution in [0.4, 0.5) is 9.52 Å². The van der Waals surface area contributed by atoms with Gasteiger partial charge in [0.05, 0.1) is 5.56 Å². The first-order valence-electron chi connectivity index (χ1n) is 8.29. The maximum absolute atomic E-state index is 13.6. The molecule has 6 nitrogen and oxygen atoms in total. The predicted molar refractivity (Wildman–Crippen MR) is 97.0 cm³/mol. The molecule has 1 fully saturated rings. The van der Waals surface area contributed by atoms with Crippen LogP contribution in [0.2, 0.25) is 0 Å². The fourth-order valence-corrected chi connectivity index (χ4v) is 3.58. The summed E-state index contributed by atoms with van der Waals surface area (Å²) >= 11 is 1.53. The third-order valence-corrected chi connectivity index (χ3v) is 5.06. The van der Waals surface area contributed by atoms with Crippen LogP contribution in [0.15, 0.2) is 30.5 Å². The van der Waals surface area contributed by atoms with Crippen molar-refractivity contribution in [3.05, 3.63) is 46.7 Å². The van der Waals surface area contributed by atoms with Gasteiger partial charge in [-0.1, -0.05) is 12.1 Å². The molecule has 1 amide bonds. The number of carbonyl (C=O) groups excluding carboxylic acids is 1. The van der Waals surface area contributed by atoms with Crippen molar-refractivity contribution in [2.24, 2.45) is 0 Å². The number of hydrogen-bond acceptors (Lipinski definition) is 6. The Morgan fingerprint density at radius 3 is 2.64 bits per heavy atom. The Labute approximate surface area is 150 Å². The molecule has 3 N–H and O–H groups in total. The molecule has 0 spiro atoms. The largest absolute Gasteiger partial charge is 0.375 e. The van der Waals surface area contributed by atoms with Gasteiger partial charge in [0, 0.05) is 56.9 Å². The summed E-state index contributed by atoms with van der Waals surface area (Å²) in [7, 11) is 0. The number of rotatable bonds is 6. The Bertz CT molecular complexity index is 715. The van der Waals surface area contributed by atoms with Gasteiger partial charge in [0.1, 0.15) is 5.82 Å². The van der Waals surface area contributed by atoms with E-state index in [-0.39, 0.29) is 11.5 Å². The van der Waals surface area contributed by atoms with Crippen LogP contribution in [0.1, 0.15) is 15.2 Å². The van der Waals surface area contributed by atoms with Gasteiger partial charge in [-0.3, -0.25) is 14.6 Å². The maximum Gasteiger partial charge on any atom is 0.254 e. The summed E-state index contributed by atoms with van der Waals surface area (Å²) in [5.74, 6) is -0.850. The van der Waals surface area contributed by atoms with E-state index in [1.54, 1.807) is 12.1 Å². The van der Waals surface area contributed by atoms with Gasteiger partial charge in [0.25, 0.3) is 5.91 Å². The number of hydrogen-bond donors (Lipinski definition) is 2. The van der Waals surface area contributed by atoms with Gasteiger partial charge in [0.15, 0.2) is 5.13 Å². The van der Waals surface area contributed by atoms with Gasteiger partial charge < -0.3 is 11.1 Å². The highest BCUT2D eigenvalue weighted by Gasteiger charge is 2.18. The van der Waals surface area contributed by atoms with E-state index in [0.29, 0.717) is 11.7 Å². The molecule has 0 unspecified atom stereocenters. The standard InChI is InChI=1S/C17H22FN5OS/c18-15-4-2-1-3-14(15)16(24)20-5-6-22-7-9-23(10-8-22)12-13-11-21-17(19)25-13/h1-4,11H,5-10,12H2,(H2,19,21)(H,20,24). The second-order valence-corrected chi connectivity index (χ2v) is 7.17. The van der Waals surface area contributed by atoms with Crippen molar-refractivity contribution < 1.29 is 9.18 Å². The van der Waals surface area contributed by atoms with Crippen molar-refractivity contribution in [1.29, 1.82) is 0 Å². The minimum atomic E-state index is -0.489. The number of aromatic nitrogens is 1. The number of thiazole rings is 1. The fraction of sp³-hybridized carbons (Fsp3) is 0.412. The molecule has 1 aromatic carbocycles. The topological polar surface area (TPSA) is 74.5 Å². The SMILES string of the molecule is Nc1ncc(CN2CCN(CCNC(=O)c3ccccc3F)CC2)s1. The molecule has 2 heterocycles.